The summed E-state index contributed by atoms with van der Waals surface area (Å²) in [7, 11) is 1.81. The molecular weight excluding hydrogens is 244 g/mol. The zero-order valence-corrected chi connectivity index (χ0v) is 9.91. The van der Waals surface area contributed by atoms with E-state index >= 15 is 0 Å². The molecule has 1 heterocycles. The standard InChI is InChI=1S/C10H11ClN4O2/c1-13-5-3-2-4-7-6-8(15(16)17)10(12)14-9(7)11/h6,13H,3,5H2,1H3,(H2,12,14). The van der Waals surface area contributed by atoms with E-state index in [1.165, 1.54) is 6.07 Å². The number of pyridine rings is 1. The van der Waals surface area contributed by atoms with Crippen LogP contribution in [0.25, 0.3) is 0 Å². The van der Waals surface area contributed by atoms with Crippen molar-refractivity contribution < 1.29 is 4.92 Å². The van der Waals surface area contributed by atoms with Gasteiger partial charge in [-0.25, -0.2) is 4.98 Å². The van der Waals surface area contributed by atoms with Crippen LogP contribution in [-0.2, 0) is 0 Å². The number of nitrogens with zero attached hydrogens (tertiary/aromatic N) is 2. The minimum Gasteiger partial charge on any atom is -0.378 e. The fourth-order valence-corrected chi connectivity index (χ4v) is 1.27. The van der Waals surface area contributed by atoms with Crippen LogP contribution in [0.5, 0.6) is 0 Å². The Bertz CT molecular complexity index is 493. The summed E-state index contributed by atoms with van der Waals surface area (Å²) >= 11 is 5.79. The van der Waals surface area contributed by atoms with Gasteiger partial charge in [0.1, 0.15) is 5.15 Å². The average Bonchev–Trinajstić information content (AvgIpc) is 2.26. The summed E-state index contributed by atoms with van der Waals surface area (Å²) in [6.45, 7) is 0.731. The first kappa shape index (κ1) is 13.2. The molecule has 0 spiro atoms. The van der Waals surface area contributed by atoms with Crippen LogP contribution in [0.2, 0.25) is 5.15 Å². The Labute approximate surface area is 103 Å². The molecule has 1 aromatic heterocycles. The SMILES string of the molecule is CNCCC#Cc1cc([N+](=O)[O-])c(N)nc1Cl. The van der Waals surface area contributed by atoms with E-state index in [1.807, 2.05) is 7.05 Å². The normalized spacial score (nSPS) is 9.53. The van der Waals surface area contributed by atoms with Crippen molar-refractivity contribution in [3.63, 3.8) is 0 Å². The van der Waals surface area contributed by atoms with Crippen LogP contribution in [0.4, 0.5) is 11.5 Å². The van der Waals surface area contributed by atoms with E-state index in [0.717, 1.165) is 6.54 Å². The van der Waals surface area contributed by atoms with E-state index in [1.54, 1.807) is 0 Å². The first-order chi connectivity index (χ1) is 8.06. The molecule has 0 fully saturated rings. The molecular formula is C10H11ClN4O2. The van der Waals surface area contributed by atoms with Crippen molar-refractivity contribution in [2.75, 3.05) is 19.3 Å². The van der Waals surface area contributed by atoms with Crippen molar-refractivity contribution >= 4 is 23.1 Å². The summed E-state index contributed by atoms with van der Waals surface area (Å²) < 4.78 is 0. The van der Waals surface area contributed by atoms with Crippen LogP contribution < -0.4 is 11.1 Å². The number of rotatable bonds is 3. The van der Waals surface area contributed by atoms with Gasteiger partial charge in [-0.3, -0.25) is 10.1 Å². The Kier molecular flexibility index (Phi) is 4.69. The van der Waals surface area contributed by atoms with Gasteiger partial charge in [0.05, 0.1) is 10.5 Å². The predicted octanol–water partition coefficient (Wildman–Crippen LogP) is 1.19. The number of nitro groups is 1. The largest absolute Gasteiger partial charge is 0.378 e. The van der Waals surface area contributed by atoms with Crippen LogP contribution in [0.15, 0.2) is 6.07 Å². The first-order valence-electron chi connectivity index (χ1n) is 4.80. The molecule has 0 bridgehead atoms. The lowest BCUT2D eigenvalue weighted by Gasteiger charge is -1.99. The molecule has 17 heavy (non-hydrogen) atoms. The predicted molar refractivity (Wildman–Crippen MR) is 65.7 cm³/mol. The van der Waals surface area contributed by atoms with Gasteiger partial charge in [-0.2, -0.15) is 0 Å². The summed E-state index contributed by atoms with van der Waals surface area (Å²) in [5.74, 6) is 5.35. The van der Waals surface area contributed by atoms with E-state index in [-0.39, 0.29) is 16.7 Å². The highest BCUT2D eigenvalue weighted by atomic mass is 35.5. The molecule has 7 heteroatoms. The second-order valence-corrected chi connectivity index (χ2v) is 3.50. The Morgan fingerprint density at radius 3 is 3.00 bits per heavy atom. The van der Waals surface area contributed by atoms with Gasteiger partial charge >= 0.3 is 5.69 Å². The van der Waals surface area contributed by atoms with Crippen LogP contribution in [0.1, 0.15) is 12.0 Å². The maximum absolute atomic E-state index is 10.6. The van der Waals surface area contributed by atoms with E-state index in [4.69, 9.17) is 17.3 Å². The number of anilines is 1. The Hall–Kier alpha value is -1.84. The van der Waals surface area contributed by atoms with E-state index in [2.05, 4.69) is 22.1 Å². The fourth-order valence-electron chi connectivity index (χ4n) is 1.07. The van der Waals surface area contributed by atoms with Gasteiger partial charge in [0.2, 0.25) is 5.82 Å². The van der Waals surface area contributed by atoms with Crippen molar-refractivity contribution in [2.45, 2.75) is 6.42 Å². The number of nitrogens with two attached hydrogens (primary N) is 1. The van der Waals surface area contributed by atoms with Crippen LogP contribution in [-0.4, -0.2) is 23.5 Å². The molecule has 0 saturated carbocycles. The highest BCUT2D eigenvalue weighted by Crippen LogP contribution is 2.24. The van der Waals surface area contributed by atoms with Crippen molar-refractivity contribution in [3.05, 3.63) is 26.9 Å². The molecule has 0 unspecified atom stereocenters. The second-order valence-electron chi connectivity index (χ2n) is 3.14. The number of hydrogen-bond donors (Lipinski definition) is 2. The maximum Gasteiger partial charge on any atom is 0.312 e. The highest BCUT2D eigenvalue weighted by molar-refractivity contribution is 6.30. The van der Waals surface area contributed by atoms with Gasteiger partial charge in [-0.05, 0) is 7.05 Å². The molecule has 0 aliphatic carbocycles. The highest BCUT2D eigenvalue weighted by Gasteiger charge is 2.15. The first-order valence-corrected chi connectivity index (χ1v) is 5.18. The lowest BCUT2D eigenvalue weighted by Crippen LogP contribution is -2.06. The lowest BCUT2D eigenvalue weighted by atomic mass is 10.2. The summed E-state index contributed by atoms with van der Waals surface area (Å²) in [6, 6.07) is 1.23. The second kappa shape index (κ2) is 6.03. The minimum absolute atomic E-state index is 0.0741. The molecule has 3 N–H and O–H groups in total. The Balaban J connectivity index is 3.02. The Morgan fingerprint density at radius 2 is 2.41 bits per heavy atom. The van der Waals surface area contributed by atoms with Crippen LogP contribution in [0.3, 0.4) is 0 Å². The lowest BCUT2D eigenvalue weighted by molar-refractivity contribution is -0.384. The zero-order chi connectivity index (χ0) is 12.8. The number of nitrogens with one attached hydrogen (secondary N) is 1. The summed E-state index contributed by atoms with van der Waals surface area (Å²) in [4.78, 5) is 13.7. The van der Waals surface area contributed by atoms with Gasteiger partial charge < -0.3 is 11.1 Å². The average molecular weight is 255 g/mol. The maximum atomic E-state index is 10.6. The fraction of sp³-hybridized carbons (Fsp3) is 0.300. The van der Waals surface area contributed by atoms with Gasteiger partial charge in [0, 0.05) is 19.0 Å². The molecule has 0 aliphatic rings. The number of nitrogen functional groups attached to an aromatic ring is 1. The molecule has 0 aromatic carbocycles. The van der Waals surface area contributed by atoms with E-state index < -0.39 is 4.92 Å². The van der Waals surface area contributed by atoms with Crippen molar-refractivity contribution in [3.8, 4) is 11.8 Å². The minimum atomic E-state index is -0.614. The molecule has 0 atom stereocenters. The summed E-state index contributed by atoms with van der Waals surface area (Å²) in [6.07, 6.45) is 0.616. The van der Waals surface area contributed by atoms with Crippen LogP contribution >= 0.6 is 11.6 Å². The third-order valence-electron chi connectivity index (χ3n) is 1.90. The topological polar surface area (TPSA) is 94.1 Å². The van der Waals surface area contributed by atoms with Crippen molar-refractivity contribution in [2.24, 2.45) is 0 Å². The molecule has 6 nitrogen and oxygen atoms in total. The smallest absolute Gasteiger partial charge is 0.312 e. The molecule has 90 valence electrons. The van der Waals surface area contributed by atoms with Crippen molar-refractivity contribution in [1.82, 2.24) is 10.3 Å². The summed E-state index contributed by atoms with van der Waals surface area (Å²) in [5.41, 5.74) is 5.40. The Morgan fingerprint density at radius 1 is 1.71 bits per heavy atom. The molecule has 0 aliphatic heterocycles. The molecule has 0 radical (unpaired) electrons. The van der Waals surface area contributed by atoms with E-state index in [0.29, 0.717) is 12.0 Å². The molecule has 1 aromatic rings. The van der Waals surface area contributed by atoms with Gasteiger partial charge in [0.15, 0.2) is 0 Å². The molecule has 0 amide bonds. The zero-order valence-electron chi connectivity index (χ0n) is 9.16. The molecule has 1 rings (SSSR count). The van der Waals surface area contributed by atoms with E-state index in [9.17, 15) is 10.1 Å². The van der Waals surface area contributed by atoms with Gasteiger partial charge in [0.25, 0.3) is 0 Å². The quantitative estimate of drug-likeness (QED) is 0.278. The monoisotopic (exact) mass is 254 g/mol. The third-order valence-corrected chi connectivity index (χ3v) is 2.19. The third kappa shape index (κ3) is 3.59. The summed E-state index contributed by atoms with van der Waals surface area (Å²) in [5, 5.41) is 13.6. The number of halogens is 1. The number of hydrogen-bond acceptors (Lipinski definition) is 5. The van der Waals surface area contributed by atoms with Gasteiger partial charge in [-0.1, -0.05) is 23.4 Å². The molecule has 0 saturated heterocycles. The van der Waals surface area contributed by atoms with Gasteiger partial charge in [-0.15, -0.1) is 0 Å². The van der Waals surface area contributed by atoms with Crippen LogP contribution in [0, 0.1) is 22.0 Å². The van der Waals surface area contributed by atoms with Crippen molar-refractivity contribution in [1.29, 1.82) is 0 Å². The number of aromatic nitrogens is 1.